The van der Waals surface area contributed by atoms with E-state index in [0.717, 1.165) is 12.5 Å². The van der Waals surface area contributed by atoms with Crippen LogP contribution in [0.2, 0.25) is 0 Å². The number of nitrogens with one attached hydrogen (secondary N) is 1. The molecule has 0 radical (unpaired) electrons. The fourth-order valence-electron chi connectivity index (χ4n) is 2.78. The molecule has 1 heteroatoms. The van der Waals surface area contributed by atoms with E-state index in [1.807, 2.05) is 0 Å². The maximum atomic E-state index is 3.74. The highest BCUT2D eigenvalue weighted by Crippen LogP contribution is 2.42. The van der Waals surface area contributed by atoms with Crippen LogP contribution in [0.1, 0.15) is 37.8 Å². The summed E-state index contributed by atoms with van der Waals surface area (Å²) in [6.07, 6.45) is 3.96. The van der Waals surface area contributed by atoms with E-state index in [0.29, 0.717) is 6.04 Å². The Bertz CT molecular complexity index is 523. The van der Waals surface area contributed by atoms with Gasteiger partial charge in [-0.1, -0.05) is 49.4 Å². The van der Waals surface area contributed by atoms with E-state index in [1.54, 1.807) is 0 Å². The highest BCUT2D eigenvalue weighted by atomic mass is 14.9. The molecular formula is C17H21N. The van der Waals surface area contributed by atoms with Gasteiger partial charge in [-0.15, -0.1) is 0 Å². The molecule has 0 bridgehead atoms. The summed E-state index contributed by atoms with van der Waals surface area (Å²) in [5, 5.41) is 6.52. The molecule has 0 aromatic heterocycles. The van der Waals surface area contributed by atoms with Crippen molar-refractivity contribution in [1.82, 2.24) is 5.32 Å². The Balaban J connectivity index is 2.00. The molecule has 0 aliphatic heterocycles. The maximum absolute atomic E-state index is 3.74. The average molecular weight is 239 g/mol. The quantitative estimate of drug-likeness (QED) is 0.820. The van der Waals surface area contributed by atoms with Crippen molar-refractivity contribution in [2.75, 3.05) is 6.54 Å². The molecule has 3 rings (SSSR count). The van der Waals surface area contributed by atoms with Gasteiger partial charge in [0.1, 0.15) is 0 Å². The predicted molar refractivity (Wildman–Crippen MR) is 77.7 cm³/mol. The van der Waals surface area contributed by atoms with Crippen LogP contribution < -0.4 is 5.32 Å². The fraction of sp³-hybridized carbons (Fsp3) is 0.412. The highest BCUT2D eigenvalue weighted by molar-refractivity contribution is 5.86. The van der Waals surface area contributed by atoms with Crippen molar-refractivity contribution < 1.29 is 0 Å². The van der Waals surface area contributed by atoms with Crippen LogP contribution in [0.4, 0.5) is 0 Å². The number of hydrogen-bond donors (Lipinski definition) is 1. The average Bonchev–Trinajstić information content (AvgIpc) is 3.24. The molecule has 1 aliphatic rings. The van der Waals surface area contributed by atoms with Crippen molar-refractivity contribution >= 4 is 10.8 Å². The van der Waals surface area contributed by atoms with Gasteiger partial charge in [-0.3, -0.25) is 0 Å². The molecule has 2 aromatic rings. The third-order valence-corrected chi connectivity index (χ3v) is 3.87. The van der Waals surface area contributed by atoms with Gasteiger partial charge in [-0.2, -0.15) is 0 Å². The zero-order chi connectivity index (χ0) is 12.4. The zero-order valence-electron chi connectivity index (χ0n) is 11.0. The summed E-state index contributed by atoms with van der Waals surface area (Å²) in [5.41, 5.74) is 1.49. The lowest BCUT2D eigenvalue weighted by Gasteiger charge is -2.20. The topological polar surface area (TPSA) is 12.0 Å². The minimum Gasteiger partial charge on any atom is -0.310 e. The van der Waals surface area contributed by atoms with Crippen LogP contribution in [0.5, 0.6) is 0 Å². The van der Waals surface area contributed by atoms with Gasteiger partial charge in [0, 0.05) is 6.04 Å². The first-order valence-electron chi connectivity index (χ1n) is 7.11. The maximum Gasteiger partial charge on any atom is 0.0354 e. The lowest BCUT2D eigenvalue weighted by atomic mass is 9.96. The molecule has 2 aromatic carbocycles. The molecule has 1 unspecified atom stereocenters. The molecule has 0 heterocycles. The van der Waals surface area contributed by atoms with Gasteiger partial charge >= 0.3 is 0 Å². The number of fused-ring (bicyclic) bond motifs is 1. The van der Waals surface area contributed by atoms with Gasteiger partial charge in [0.05, 0.1) is 0 Å². The van der Waals surface area contributed by atoms with Crippen LogP contribution in [0.25, 0.3) is 10.8 Å². The van der Waals surface area contributed by atoms with Gasteiger partial charge in [-0.25, -0.2) is 0 Å². The minimum absolute atomic E-state index is 0.552. The molecule has 1 fully saturated rings. The lowest BCUT2D eigenvalue weighted by Crippen LogP contribution is -2.24. The Labute approximate surface area is 109 Å². The van der Waals surface area contributed by atoms with Crippen molar-refractivity contribution in [3.63, 3.8) is 0 Å². The second-order valence-corrected chi connectivity index (χ2v) is 5.34. The Morgan fingerprint density at radius 2 is 1.89 bits per heavy atom. The molecule has 94 valence electrons. The van der Waals surface area contributed by atoms with Crippen LogP contribution >= 0.6 is 0 Å². The molecule has 0 amide bonds. The van der Waals surface area contributed by atoms with Crippen LogP contribution in [-0.2, 0) is 0 Å². The van der Waals surface area contributed by atoms with E-state index in [2.05, 4.69) is 54.7 Å². The largest absolute Gasteiger partial charge is 0.310 e. The third-order valence-electron chi connectivity index (χ3n) is 3.87. The molecule has 1 nitrogen and oxygen atoms in total. The van der Waals surface area contributed by atoms with Crippen LogP contribution in [0.15, 0.2) is 42.5 Å². The van der Waals surface area contributed by atoms with Crippen molar-refractivity contribution in [2.45, 2.75) is 32.2 Å². The van der Waals surface area contributed by atoms with Gasteiger partial charge in [0.15, 0.2) is 0 Å². The molecule has 0 saturated heterocycles. The molecule has 0 spiro atoms. The minimum atomic E-state index is 0.552. The predicted octanol–water partition coefficient (Wildman–Crippen LogP) is 4.29. The Morgan fingerprint density at radius 3 is 2.67 bits per heavy atom. The highest BCUT2D eigenvalue weighted by Gasteiger charge is 2.32. The first kappa shape index (κ1) is 11.7. The standard InChI is InChI=1S/C17H21N/c1-2-12-18-17(14-10-11-14)16-9-5-7-13-6-3-4-8-15(13)16/h3-9,14,17-18H,2,10-12H2,1H3. The summed E-state index contributed by atoms with van der Waals surface area (Å²) in [4.78, 5) is 0. The summed E-state index contributed by atoms with van der Waals surface area (Å²) in [5.74, 6) is 0.849. The van der Waals surface area contributed by atoms with E-state index in [1.165, 1.54) is 35.6 Å². The SMILES string of the molecule is CCCNC(c1cccc2ccccc12)C1CC1. The lowest BCUT2D eigenvalue weighted by molar-refractivity contribution is 0.484. The number of rotatable bonds is 5. The van der Waals surface area contributed by atoms with Crippen LogP contribution in [0.3, 0.4) is 0 Å². The van der Waals surface area contributed by atoms with Crippen LogP contribution in [0, 0.1) is 5.92 Å². The molecule has 1 aliphatic carbocycles. The summed E-state index contributed by atoms with van der Waals surface area (Å²) in [6, 6.07) is 16.0. The van der Waals surface area contributed by atoms with Gasteiger partial charge in [0.25, 0.3) is 0 Å². The van der Waals surface area contributed by atoms with Crippen molar-refractivity contribution in [3.8, 4) is 0 Å². The van der Waals surface area contributed by atoms with E-state index >= 15 is 0 Å². The smallest absolute Gasteiger partial charge is 0.0354 e. The van der Waals surface area contributed by atoms with Crippen molar-refractivity contribution in [2.24, 2.45) is 5.92 Å². The van der Waals surface area contributed by atoms with E-state index in [-0.39, 0.29) is 0 Å². The van der Waals surface area contributed by atoms with E-state index < -0.39 is 0 Å². The molecule has 1 saturated carbocycles. The first-order chi connectivity index (χ1) is 8.90. The van der Waals surface area contributed by atoms with Crippen molar-refractivity contribution in [3.05, 3.63) is 48.0 Å². The summed E-state index contributed by atoms with van der Waals surface area (Å²) in [7, 11) is 0. The van der Waals surface area contributed by atoms with Crippen LogP contribution in [-0.4, -0.2) is 6.54 Å². The monoisotopic (exact) mass is 239 g/mol. The Morgan fingerprint density at radius 1 is 1.11 bits per heavy atom. The molecule has 1 atom stereocenters. The van der Waals surface area contributed by atoms with E-state index in [4.69, 9.17) is 0 Å². The zero-order valence-corrected chi connectivity index (χ0v) is 11.0. The van der Waals surface area contributed by atoms with Gasteiger partial charge in [-0.05, 0) is 48.1 Å². The Hall–Kier alpha value is -1.34. The van der Waals surface area contributed by atoms with Gasteiger partial charge < -0.3 is 5.32 Å². The Kier molecular flexibility index (Phi) is 3.33. The molecule has 18 heavy (non-hydrogen) atoms. The normalized spacial score (nSPS) is 16.9. The fourth-order valence-corrected chi connectivity index (χ4v) is 2.78. The summed E-state index contributed by atoms with van der Waals surface area (Å²) < 4.78 is 0. The third kappa shape index (κ3) is 2.28. The van der Waals surface area contributed by atoms with Crippen molar-refractivity contribution in [1.29, 1.82) is 0 Å². The molecule has 1 N–H and O–H groups in total. The summed E-state index contributed by atoms with van der Waals surface area (Å²) >= 11 is 0. The second kappa shape index (κ2) is 5.11. The summed E-state index contributed by atoms with van der Waals surface area (Å²) in [6.45, 7) is 3.35. The number of benzene rings is 2. The number of hydrogen-bond acceptors (Lipinski definition) is 1. The van der Waals surface area contributed by atoms with E-state index in [9.17, 15) is 0 Å². The molecular weight excluding hydrogens is 218 g/mol. The second-order valence-electron chi connectivity index (χ2n) is 5.34. The first-order valence-corrected chi connectivity index (χ1v) is 7.11. The van der Waals surface area contributed by atoms with Gasteiger partial charge in [0.2, 0.25) is 0 Å².